The van der Waals surface area contributed by atoms with Crippen molar-refractivity contribution in [2.45, 2.75) is 145 Å². The van der Waals surface area contributed by atoms with Crippen LogP contribution in [0, 0.1) is 23.2 Å². The Morgan fingerprint density at radius 1 is 0.750 bits per heavy atom. The number of amides is 5. The minimum atomic E-state index is -2.25. The summed E-state index contributed by atoms with van der Waals surface area (Å²) in [6.07, 6.45) is -4.04. The third-order valence-electron chi connectivity index (χ3n) is 8.00. The van der Waals surface area contributed by atoms with Crippen LogP contribution in [0.2, 0.25) is 0 Å². The highest BCUT2D eigenvalue weighted by Gasteiger charge is 2.34. The number of nitrogens with one attached hydrogen (secondary N) is 4. The fourth-order valence-electron chi connectivity index (χ4n) is 3.86. The van der Waals surface area contributed by atoms with Gasteiger partial charge in [-0.1, -0.05) is 53.6 Å². The van der Waals surface area contributed by atoms with Gasteiger partial charge in [-0.05, 0) is 59.8 Å². The number of hydrogen-bond donors (Lipinski definition) is 10. The summed E-state index contributed by atoms with van der Waals surface area (Å²) >= 11 is 0. The highest BCUT2D eigenvalue weighted by atomic mass is 16.6. The van der Waals surface area contributed by atoms with Crippen molar-refractivity contribution >= 4 is 35.8 Å². The number of nitrogens with zero attached hydrogens (tertiary/aromatic N) is 1. The SMILES string of the molecule is CCC(C)(CC(C)C(=O)NC(C)C)C(=O)NCCCNC(=O)CO/N=C\[C@@H](O)[C@@H](O)[C@H](O)C(O)O.CCC(C)C(=O)NC(C)C.CCC(C)C(N)=O. The molecule has 52 heavy (non-hydrogen) atoms. The van der Waals surface area contributed by atoms with Gasteiger partial charge < -0.3 is 57.4 Å². The van der Waals surface area contributed by atoms with Crippen LogP contribution in [-0.2, 0) is 28.8 Å². The van der Waals surface area contributed by atoms with E-state index in [0.29, 0.717) is 32.0 Å². The van der Waals surface area contributed by atoms with Crippen molar-refractivity contribution in [3.63, 3.8) is 0 Å². The van der Waals surface area contributed by atoms with E-state index in [4.69, 9.17) is 15.9 Å². The predicted molar refractivity (Wildman–Crippen MR) is 198 cm³/mol. The fraction of sp³-hybridized carbons (Fsp3) is 0.829. The minimum Gasteiger partial charge on any atom is -0.387 e. The van der Waals surface area contributed by atoms with Crippen LogP contribution in [0.25, 0.3) is 0 Å². The standard InChI is InChI=1S/C22H42N4O9.C8H17NO.C5H11NO/c1-6-22(5,10-14(4)19(31)26-13(2)3)21(34)24-9-7-8-23-16(28)12-35-25-11-15(27)17(29)18(30)20(32)33;1-5-7(4)8(10)9-6(2)3;1-3-4(2)5(6)7/h11,13-15,17-18,20,27,29-30,32-33H,6-10,12H2,1-5H3,(H,23,28)(H,24,34)(H,26,31);6-7H,5H2,1-4H3,(H,9,10);4H,3H2,1-2H3,(H2,6,7)/b25-11-;;/t14?,15-,17-,18+,22?;;/m1../s1. The van der Waals surface area contributed by atoms with E-state index in [9.17, 15) is 39.3 Å². The molecular formula is C35H70N6O11. The van der Waals surface area contributed by atoms with Crippen molar-refractivity contribution in [3.8, 4) is 0 Å². The van der Waals surface area contributed by atoms with Gasteiger partial charge in [-0.2, -0.15) is 0 Å². The molecule has 5 amide bonds. The van der Waals surface area contributed by atoms with Gasteiger partial charge in [-0.3, -0.25) is 24.0 Å². The zero-order chi connectivity index (χ0) is 41.2. The van der Waals surface area contributed by atoms with Gasteiger partial charge in [0.05, 0.1) is 6.21 Å². The average molecular weight is 751 g/mol. The molecule has 0 aromatic rings. The number of aliphatic hydroxyl groups excluding tert-OH is 4. The van der Waals surface area contributed by atoms with E-state index in [-0.39, 0.29) is 60.0 Å². The zero-order valence-electron chi connectivity index (χ0n) is 33.1. The van der Waals surface area contributed by atoms with Crippen LogP contribution in [0.1, 0.15) is 108 Å². The summed E-state index contributed by atoms with van der Waals surface area (Å²) in [4.78, 5) is 62.5. The Morgan fingerprint density at radius 2 is 1.23 bits per heavy atom. The molecule has 7 atom stereocenters. The first-order chi connectivity index (χ1) is 24.0. The summed E-state index contributed by atoms with van der Waals surface area (Å²) < 4.78 is 0. The summed E-state index contributed by atoms with van der Waals surface area (Å²) in [5, 5.41) is 60.0. The molecule has 0 radical (unpaired) electrons. The van der Waals surface area contributed by atoms with E-state index in [0.717, 1.165) is 12.8 Å². The molecule has 0 aliphatic heterocycles. The molecule has 0 aromatic carbocycles. The van der Waals surface area contributed by atoms with Gasteiger partial charge in [-0.25, -0.2) is 0 Å². The Bertz CT molecular complexity index is 1060. The van der Waals surface area contributed by atoms with Crippen molar-refractivity contribution < 1.29 is 54.3 Å². The van der Waals surface area contributed by atoms with Crippen LogP contribution in [0.4, 0.5) is 0 Å². The van der Waals surface area contributed by atoms with Gasteiger partial charge in [0.1, 0.15) is 18.3 Å². The molecule has 0 fully saturated rings. The Balaban J connectivity index is -0.00000115. The van der Waals surface area contributed by atoms with E-state index in [1.165, 1.54) is 0 Å². The van der Waals surface area contributed by atoms with E-state index >= 15 is 0 Å². The molecule has 11 N–H and O–H groups in total. The largest absolute Gasteiger partial charge is 0.387 e. The minimum absolute atomic E-state index is 0.0273. The molecule has 306 valence electrons. The van der Waals surface area contributed by atoms with Crippen molar-refractivity contribution in [1.82, 2.24) is 21.3 Å². The Hall–Kier alpha value is -3.38. The smallest absolute Gasteiger partial charge is 0.260 e. The number of oxime groups is 1. The molecule has 4 unspecified atom stereocenters. The fourth-order valence-corrected chi connectivity index (χ4v) is 3.86. The van der Waals surface area contributed by atoms with Crippen LogP contribution >= 0.6 is 0 Å². The second-order valence-corrected chi connectivity index (χ2v) is 13.7. The molecule has 0 aliphatic rings. The monoisotopic (exact) mass is 751 g/mol. The first-order valence-electron chi connectivity index (χ1n) is 18.0. The summed E-state index contributed by atoms with van der Waals surface area (Å²) in [5.41, 5.74) is 4.21. The normalized spacial score (nSPS) is 15.8. The maximum absolute atomic E-state index is 12.7. The third-order valence-corrected chi connectivity index (χ3v) is 8.00. The molecule has 0 bridgehead atoms. The second-order valence-electron chi connectivity index (χ2n) is 13.7. The third kappa shape index (κ3) is 25.6. The van der Waals surface area contributed by atoms with Gasteiger partial charge in [-0.15, -0.1) is 0 Å². The molecule has 0 aromatic heterocycles. The van der Waals surface area contributed by atoms with Crippen LogP contribution in [0.15, 0.2) is 5.16 Å². The molecular weight excluding hydrogens is 680 g/mol. The van der Waals surface area contributed by atoms with Crippen molar-refractivity contribution in [1.29, 1.82) is 0 Å². The Kier molecular flexibility index (Phi) is 29.7. The lowest BCUT2D eigenvalue weighted by molar-refractivity contribution is -0.169. The molecule has 0 rings (SSSR count). The number of carbonyl (C=O) groups is 5. The average Bonchev–Trinajstić information content (AvgIpc) is 3.07. The van der Waals surface area contributed by atoms with E-state index in [1.54, 1.807) is 6.92 Å². The highest BCUT2D eigenvalue weighted by Crippen LogP contribution is 2.30. The Morgan fingerprint density at radius 3 is 1.63 bits per heavy atom. The lowest BCUT2D eigenvalue weighted by atomic mass is 9.78. The van der Waals surface area contributed by atoms with Gasteiger partial charge in [0, 0.05) is 48.3 Å². The van der Waals surface area contributed by atoms with Crippen LogP contribution in [-0.4, -0.2) is 118 Å². The maximum Gasteiger partial charge on any atom is 0.260 e. The number of aliphatic hydroxyl groups is 5. The molecule has 17 nitrogen and oxygen atoms in total. The quantitative estimate of drug-likeness (QED) is 0.0305. The molecule has 0 saturated carbocycles. The first kappa shape index (κ1) is 53.0. The van der Waals surface area contributed by atoms with Crippen molar-refractivity contribution in [2.75, 3.05) is 19.7 Å². The number of nitrogens with two attached hydrogens (primary N) is 1. The maximum atomic E-state index is 12.7. The van der Waals surface area contributed by atoms with Crippen LogP contribution in [0.5, 0.6) is 0 Å². The predicted octanol–water partition coefficient (Wildman–Crippen LogP) is 0.0467. The summed E-state index contributed by atoms with van der Waals surface area (Å²) in [5.74, 6) is -0.923. The summed E-state index contributed by atoms with van der Waals surface area (Å²) in [6, 6.07) is 0.293. The molecule has 17 heteroatoms. The first-order valence-corrected chi connectivity index (χ1v) is 18.0. The number of hydrogen-bond acceptors (Lipinski definition) is 12. The van der Waals surface area contributed by atoms with Gasteiger partial charge in [0.25, 0.3) is 5.91 Å². The lowest BCUT2D eigenvalue weighted by Crippen LogP contribution is -2.45. The molecule has 0 saturated heterocycles. The van der Waals surface area contributed by atoms with E-state index in [2.05, 4.69) is 31.3 Å². The topological polar surface area (TPSA) is 282 Å². The van der Waals surface area contributed by atoms with Crippen molar-refractivity contribution in [3.05, 3.63) is 0 Å². The Labute approximate surface area is 309 Å². The van der Waals surface area contributed by atoms with E-state index < -0.39 is 42.5 Å². The summed E-state index contributed by atoms with van der Waals surface area (Å²) in [6.45, 7) is 21.0. The van der Waals surface area contributed by atoms with Gasteiger partial charge >= 0.3 is 0 Å². The molecule has 0 aliphatic carbocycles. The van der Waals surface area contributed by atoms with Crippen LogP contribution < -0.4 is 27.0 Å². The molecule has 0 spiro atoms. The number of carbonyl (C=O) groups excluding carboxylic acids is 5. The summed E-state index contributed by atoms with van der Waals surface area (Å²) in [7, 11) is 0. The number of rotatable bonds is 22. The lowest BCUT2D eigenvalue weighted by Gasteiger charge is -2.30. The van der Waals surface area contributed by atoms with Crippen molar-refractivity contribution in [2.24, 2.45) is 34.1 Å². The number of primary amides is 1. The van der Waals surface area contributed by atoms with Gasteiger partial charge in [0.2, 0.25) is 23.6 Å². The highest BCUT2D eigenvalue weighted by molar-refractivity contribution is 5.84. The van der Waals surface area contributed by atoms with E-state index in [1.807, 2.05) is 69.2 Å². The zero-order valence-corrected chi connectivity index (χ0v) is 33.1. The molecule has 0 heterocycles. The van der Waals surface area contributed by atoms with Crippen LogP contribution in [0.3, 0.4) is 0 Å². The second kappa shape index (κ2) is 29.1. The van der Waals surface area contributed by atoms with Gasteiger partial charge in [0.15, 0.2) is 12.9 Å².